The minimum absolute atomic E-state index is 0.0724. The van der Waals surface area contributed by atoms with Crippen molar-refractivity contribution in [3.8, 4) is 5.75 Å². The van der Waals surface area contributed by atoms with Crippen LogP contribution in [0.3, 0.4) is 0 Å². The summed E-state index contributed by atoms with van der Waals surface area (Å²) in [6.45, 7) is 3.55. The maximum atomic E-state index is 6.34. The maximum Gasteiger partial charge on any atom is 0.127 e. The largest absolute Gasteiger partial charge is 0.493 e. The highest BCUT2D eigenvalue weighted by Crippen LogP contribution is 2.43. The van der Waals surface area contributed by atoms with Crippen LogP contribution in [0.1, 0.15) is 29.7 Å². The third-order valence-corrected chi connectivity index (χ3v) is 5.23. The summed E-state index contributed by atoms with van der Waals surface area (Å²) in [5.41, 5.74) is 3.14. The molecule has 0 fully saturated rings. The zero-order chi connectivity index (χ0) is 15.0. The van der Waals surface area contributed by atoms with Crippen molar-refractivity contribution >= 4 is 46.1 Å². The molecule has 1 N–H and O–H groups in total. The minimum atomic E-state index is -0.0724. The van der Waals surface area contributed by atoms with Gasteiger partial charge in [-0.2, -0.15) is 0 Å². The molecular formula is C15H14Cl3NOS. The fraction of sp³-hybridized carbons (Fsp3) is 0.333. The standard InChI is InChI=1S/C15H14Cl3NOS/c1-2-19-13(11-7-12(17)21-15(11)18)10-6-9(16)5-8-3-4-20-14(8)10/h5-7,13,19H,2-4H2,1H3. The van der Waals surface area contributed by atoms with Crippen LogP contribution in [0.5, 0.6) is 5.75 Å². The van der Waals surface area contributed by atoms with Gasteiger partial charge in [0.15, 0.2) is 0 Å². The van der Waals surface area contributed by atoms with E-state index in [0.29, 0.717) is 15.3 Å². The molecule has 0 saturated carbocycles. The van der Waals surface area contributed by atoms with E-state index in [1.165, 1.54) is 11.3 Å². The second-order valence-corrected chi connectivity index (χ2v) is 7.57. The van der Waals surface area contributed by atoms with E-state index >= 15 is 0 Å². The van der Waals surface area contributed by atoms with Crippen LogP contribution in [0.15, 0.2) is 18.2 Å². The number of hydrogen-bond acceptors (Lipinski definition) is 3. The van der Waals surface area contributed by atoms with Crippen molar-refractivity contribution in [2.75, 3.05) is 13.2 Å². The van der Waals surface area contributed by atoms with Crippen LogP contribution in [0.4, 0.5) is 0 Å². The minimum Gasteiger partial charge on any atom is -0.493 e. The van der Waals surface area contributed by atoms with Crippen LogP contribution in [-0.2, 0) is 6.42 Å². The molecule has 112 valence electrons. The first kappa shape index (κ1) is 15.4. The van der Waals surface area contributed by atoms with Gasteiger partial charge in [-0.05, 0) is 30.3 Å². The van der Waals surface area contributed by atoms with Gasteiger partial charge in [0.1, 0.15) is 5.75 Å². The van der Waals surface area contributed by atoms with Crippen molar-refractivity contribution < 1.29 is 4.74 Å². The molecule has 1 aromatic heterocycles. The summed E-state index contributed by atoms with van der Waals surface area (Å²) < 4.78 is 7.18. The molecule has 0 radical (unpaired) electrons. The van der Waals surface area contributed by atoms with Crippen LogP contribution in [0.25, 0.3) is 0 Å². The molecule has 0 saturated heterocycles. The van der Waals surface area contributed by atoms with E-state index in [0.717, 1.165) is 40.4 Å². The first-order valence-electron chi connectivity index (χ1n) is 6.73. The highest BCUT2D eigenvalue weighted by atomic mass is 35.5. The lowest BCUT2D eigenvalue weighted by Gasteiger charge is -2.21. The Morgan fingerprint density at radius 1 is 1.24 bits per heavy atom. The Hall–Kier alpha value is -0.450. The monoisotopic (exact) mass is 361 g/mol. The molecule has 3 rings (SSSR count). The van der Waals surface area contributed by atoms with Gasteiger partial charge in [0.05, 0.1) is 21.3 Å². The highest BCUT2D eigenvalue weighted by Gasteiger charge is 2.26. The lowest BCUT2D eigenvalue weighted by Crippen LogP contribution is -2.22. The number of fused-ring (bicyclic) bond motifs is 1. The van der Waals surface area contributed by atoms with Gasteiger partial charge < -0.3 is 10.1 Å². The van der Waals surface area contributed by atoms with E-state index in [2.05, 4.69) is 12.2 Å². The van der Waals surface area contributed by atoms with Gasteiger partial charge in [-0.1, -0.05) is 41.7 Å². The third-order valence-electron chi connectivity index (χ3n) is 3.49. The number of ether oxygens (including phenoxy) is 1. The lowest BCUT2D eigenvalue weighted by atomic mass is 9.97. The molecule has 1 aliphatic heterocycles. The Labute approximate surface area is 143 Å². The molecule has 6 heteroatoms. The Morgan fingerprint density at radius 2 is 2.05 bits per heavy atom. The smallest absolute Gasteiger partial charge is 0.127 e. The molecule has 1 aromatic carbocycles. The molecule has 21 heavy (non-hydrogen) atoms. The lowest BCUT2D eigenvalue weighted by molar-refractivity contribution is 0.350. The maximum absolute atomic E-state index is 6.34. The van der Waals surface area contributed by atoms with Crippen LogP contribution < -0.4 is 10.1 Å². The number of hydrogen-bond donors (Lipinski definition) is 1. The normalized spacial score (nSPS) is 14.9. The summed E-state index contributed by atoms with van der Waals surface area (Å²) in [7, 11) is 0. The van der Waals surface area contributed by atoms with Crippen LogP contribution >= 0.6 is 46.1 Å². The molecule has 2 heterocycles. The fourth-order valence-corrected chi connectivity index (χ4v) is 4.44. The van der Waals surface area contributed by atoms with Crippen molar-refractivity contribution in [3.05, 3.63) is 48.6 Å². The first-order chi connectivity index (χ1) is 10.1. The van der Waals surface area contributed by atoms with E-state index in [-0.39, 0.29) is 6.04 Å². The Balaban J connectivity index is 2.12. The predicted molar refractivity (Wildman–Crippen MR) is 90.5 cm³/mol. The molecule has 0 bridgehead atoms. The van der Waals surface area contributed by atoms with E-state index < -0.39 is 0 Å². The second kappa shape index (κ2) is 6.35. The van der Waals surface area contributed by atoms with Crippen molar-refractivity contribution in [1.82, 2.24) is 5.32 Å². The van der Waals surface area contributed by atoms with Crippen molar-refractivity contribution in [3.63, 3.8) is 0 Å². The van der Waals surface area contributed by atoms with Gasteiger partial charge in [0.25, 0.3) is 0 Å². The summed E-state index contributed by atoms with van der Waals surface area (Å²) in [5.74, 6) is 0.920. The second-order valence-electron chi connectivity index (χ2n) is 4.85. The highest BCUT2D eigenvalue weighted by molar-refractivity contribution is 7.20. The molecule has 1 unspecified atom stereocenters. The Kier molecular flexibility index (Phi) is 4.67. The van der Waals surface area contributed by atoms with Gasteiger partial charge in [-0.25, -0.2) is 0 Å². The topological polar surface area (TPSA) is 21.3 Å². The average Bonchev–Trinajstić information content (AvgIpc) is 3.01. The van der Waals surface area contributed by atoms with Gasteiger partial charge in [0, 0.05) is 22.6 Å². The number of nitrogens with one attached hydrogen (secondary N) is 1. The average molecular weight is 363 g/mol. The third kappa shape index (κ3) is 3.03. The number of rotatable bonds is 4. The molecule has 2 nitrogen and oxygen atoms in total. The Morgan fingerprint density at radius 3 is 2.71 bits per heavy atom. The number of thiophene rings is 1. The zero-order valence-corrected chi connectivity index (χ0v) is 14.5. The van der Waals surface area contributed by atoms with E-state index in [9.17, 15) is 0 Å². The number of benzene rings is 1. The quantitative estimate of drug-likeness (QED) is 0.792. The summed E-state index contributed by atoms with van der Waals surface area (Å²) in [6, 6.07) is 5.75. The van der Waals surface area contributed by atoms with Crippen molar-refractivity contribution in [1.29, 1.82) is 0 Å². The predicted octanol–water partition coefficient (Wildman–Crippen LogP) is 5.34. The molecular weight excluding hydrogens is 349 g/mol. The molecule has 1 atom stereocenters. The van der Waals surface area contributed by atoms with Gasteiger partial charge in [-0.3, -0.25) is 0 Å². The first-order valence-corrected chi connectivity index (χ1v) is 8.68. The molecule has 2 aromatic rings. The summed E-state index contributed by atoms with van der Waals surface area (Å²) in [4.78, 5) is 0. The van der Waals surface area contributed by atoms with E-state index in [1.54, 1.807) is 0 Å². The Bertz CT molecular complexity index is 671. The van der Waals surface area contributed by atoms with E-state index in [4.69, 9.17) is 39.5 Å². The van der Waals surface area contributed by atoms with Gasteiger partial charge >= 0.3 is 0 Å². The molecule has 0 aliphatic carbocycles. The molecule has 0 spiro atoms. The van der Waals surface area contributed by atoms with Gasteiger partial charge in [-0.15, -0.1) is 11.3 Å². The molecule has 1 aliphatic rings. The zero-order valence-electron chi connectivity index (χ0n) is 11.4. The SMILES string of the molecule is CCNC(c1cc(Cl)sc1Cl)c1cc(Cl)cc2c1OCC2. The summed E-state index contributed by atoms with van der Waals surface area (Å²) in [5, 5.41) is 4.17. The van der Waals surface area contributed by atoms with Crippen molar-refractivity contribution in [2.24, 2.45) is 0 Å². The van der Waals surface area contributed by atoms with Crippen LogP contribution in [0, 0.1) is 0 Å². The number of halogens is 3. The summed E-state index contributed by atoms with van der Waals surface area (Å²) in [6.07, 6.45) is 0.889. The van der Waals surface area contributed by atoms with Crippen molar-refractivity contribution in [2.45, 2.75) is 19.4 Å². The van der Waals surface area contributed by atoms with E-state index in [1.807, 2.05) is 18.2 Å². The van der Waals surface area contributed by atoms with Gasteiger partial charge in [0.2, 0.25) is 0 Å². The van der Waals surface area contributed by atoms with Crippen LogP contribution in [-0.4, -0.2) is 13.2 Å². The van der Waals surface area contributed by atoms with Crippen LogP contribution in [0.2, 0.25) is 13.7 Å². The summed E-state index contributed by atoms with van der Waals surface area (Å²) >= 11 is 20.1. The fourth-order valence-electron chi connectivity index (χ4n) is 2.65. The molecule has 0 amide bonds.